The van der Waals surface area contributed by atoms with Crippen molar-refractivity contribution in [2.24, 2.45) is 5.92 Å². The normalized spacial score (nSPS) is 19.0. The molecule has 1 N–H and O–H groups in total. The van der Waals surface area contributed by atoms with Gasteiger partial charge in [0.2, 0.25) is 5.95 Å². The molecule has 6 heteroatoms. The first-order valence-corrected chi connectivity index (χ1v) is 6.09. The number of para-hydroxylation sites is 1. The third kappa shape index (κ3) is 2.33. The van der Waals surface area contributed by atoms with Gasteiger partial charge in [-0.25, -0.2) is 0 Å². The van der Waals surface area contributed by atoms with E-state index in [-0.39, 0.29) is 0 Å². The van der Waals surface area contributed by atoms with E-state index in [1.54, 1.807) is 4.68 Å². The molecule has 1 aromatic heterocycles. The zero-order valence-corrected chi connectivity index (χ0v) is 9.99. The van der Waals surface area contributed by atoms with Gasteiger partial charge < -0.3 is 10.1 Å². The van der Waals surface area contributed by atoms with E-state index in [9.17, 15) is 0 Å². The van der Waals surface area contributed by atoms with Gasteiger partial charge in [-0.15, -0.1) is 0 Å². The van der Waals surface area contributed by atoms with Crippen LogP contribution >= 0.6 is 0 Å². The van der Waals surface area contributed by atoms with E-state index < -0.39 is 0 Å². The van der Waals surface area contributed by atoms with Gasteiger partial charge in [-0.2, -0.15) is 4.68 Å². The smallest absolute Gasteiger partial charge is 0.247 e. The lowest BCUT2D eigenvalue weighted by atomic mass is 10.1. The highest BCUT2D eigenvalue weighted by Crippen LogP contribution is 2.14. The number of aromatic nitrogens is 4. The molecule has 1 aliphatic rings. The highest BCUT2D eigenvalue weighted by Gasteiger charge is 2.16. The minimum absolute atomic E-state index is 0.547. The van der Waals surface area contributed by atoms with Gasteiger partial charge in [0.05, 0.1) is 12.3 Å². The molecule has 0 saturated carbocycles. The standard InChI is InChI=1S/C12H15N5O/c1-2-4-11(5-3-1)17-12(14-15-16-17)13-8-10-6-7-18-9-10/h1-5,10H,6-9H2,(H,13,14,16)/t10-/m0/s1. The Morgan fingerprint density at radius 3 is 3.00 bits per heavy atom. The van der Waals surface area contributed by atoms with E-state index >= 15 is 0 Å². The van der Waals surface area contributed by atoms with E-state index in [1.165, 1.54) is 0 Å². The molecular formula is C12H15N5O. The van der Waals surface area contributed by atoms with Crippen molar-refractivity contribution in [2.75, 3.05) is 25.1 Å². The maximum absolute atomic E-state index is 5.34. The highest BCUT2D eigenvalue weighted by molar-refractivity contribution is 5.38. The van der Waals surface area contributed by atoms with Crippen molar-refractivity contribution in [3.05, 3.63) is 30.3 Å². The largest absolute Gasteiger partial charge is 0.381 e. The summed E-state index contributed by atoms with van der Waals surface area (Å²) in [6, 6.07) is 9.84. The monoisotopic (exact) mass is 245 g/mol. The number of ether oxygens (including phenoxy) is 1. The highest BCUT2D eigenvalue weighted by atomic mass is 16.5. The summed E-state index contributed by atoms with van der Waals surface area (Å²) in [5.74, 6) is 1.22. The van der Waals surface area contributed by atoms with Crippen LogP contribution in [0.5, 0.6) is 0 Å². The fourth-order valence-electron chi connectivity index (χ4n) is 2.02. The number of nitrogens with zero attached hydrogens (tertiary/aromatic N) is 4. The zero-order chi connectivity index (χ0) is 12.2. The molecule has 0 spiro atoms. The third-order valence-corrected chi connectivity index (χ3v) is 3.04. The first kappa shape index (κ1) is 11.2. The molecule has 0 aliphatic carbocycles. The molecule has 1 atom stereocenters. The average Bonchev–Trinajstić information content (AvgIpc) is 3.09. The number of nitrogens with one attached hydrogen (secondary N) is 1. The quantitative estimate of drug-likeness (QED) is 0.874. The van der Waals surface area contributed by atoms with E-state index in [4.69, 9.17) is 4.74 Å². The van der Waals surface area contributed by atoms with E-state index in [2.05, 4.69) is 20.8 Å². The molecule has 6 nitrogen and oxygen atoms in total. The van der Waals surface area contributed by atoms with Crippen molar-refractivity contribution in [2.45, 2.75) is 6.42 Å². The Bertz CT molecular complexity index is 492. The van der Waals surface area contributed by atoms with Crippen LogP contribution in [0.15, 0.2) is 30.3 Å². The van der Waals surface area contributed by atoms with Crippen molar-refractivity contribution < 1.29 is 4.74 Å². The SMILES string of the molecule is c1ccc(-n2nnnc2NC[C@@H]2CCOC2)cc1. The molecule has 1 saturated heterocycles. The summed E-state index contributed by atoms with van der Waals surface area (Å²) in [5, 5.41) is 15.0. The summed E-state index contributed by atoms with van der Waals surface area (Å²) in [6.07, 6.45) is 1.10. The minimum Gasteiger partial charge on any atom is -0.381 e. The Kier molecular flexibility index (Phi) is 3.18. The first-order chi connectivity index (χ1) is 8.93. The van der Waals surface area contributed by atoms with Crippen LogP contribution in [-0.2, 0) is 4.74 Å². The number of rotatable bonds is 4. The van der Waals surface area contributed by atoms with Crippen LogP contribution in [0.3, 0.4) is 0 Å². The van der Waals surface area contributed by atoms with Crippen molar-refractivity contribution in [3.63, 3.8) is 0 Å². The average molecular weight is 245 g/mol. The maximum Gasteiger partial charge on any atom is 0.247 e. The lowest BCUT2D eigenvalue weighted by Gasteiger charge is -2.10. The molecular weight excluding hydrogens is 230 g/mol. The molecule has 3 rings (SSSR count). The number of benzene rings is 1. The summed E-state index contributed by atoms with van der Waals surface area (Å²) in [5.41, 5.74) is 0.952. The Balaban J connectivity index is 1.71. The van der Waals surface area contributed by atoms with Crippen LogP contribution in [0.1, 0.15) is 6.42 Å². The minimum atomic E-state index is 0.547. The van der Waals surface area contributed by atoms with Gasteiger partial charge >= 0.3 is 0 Å². The second-order valence-electron chi connectivity index (χ2n) is 4.36. The molecule has 0 radical (unpaired) electrons. The number of hydrogen-bond acceptors (Lipinski definition) is 5. The van der Waals surface area contributed by atoms with Gasteiger partial charge in [0, 0.05) is 19.1 Å². The lowest BCUT2D eigenvalue weighted by molar-refractivity contribution is 0.187. The summed E-state index contributed by atoms with van der Waals surface area (Å²) in [7, 11) is 0. The Hall–Kier alpha value is -1.95. The topological polar surface area (TPSA) is 64.9 Å². The summed E-state index contributed by atoms with van der Waals surface area (Å²) in [6.45, 7) is 2.52. The molecule has 2 heterocycles. The molecule has 0 amide bonds. The number of tetrazole rings is 1. The van der Waals surface area contributed by atoms with Crippen molar-refractivity contribution in [1.29, 1.82) is 0 Å². The predicted molar refractivity (Wildman–Crippen MR) is 66.6 cm³/mol. The van der Waals surface area contributed by atoms with Crippen molar-refractivity contribution in [1.82, 2.24) is 20.2 Å². The van der Waals surface area contributed by atoms with Gasteiger partial charge in [-0.3, -0.25) is 0 Å². The second-order valence-corrected chi connectivity index (χ2v) is 4.36. The molecule has 2 aromatic rings. The van der Waals surface area contributed by atoms with E-state index in [0.717, 1.165) is 31.9 Å². The van der Waals surface area contributed by atoms with Gasteiger partial charge in [-0.1, -0.05) is 23.3 Å². The summed E-state index contributed by atoms with van der Waals surface area (Å²) in [4.78, 5) is 0. The van der Waals surface area contributed by atoms with Crippen molar-refractivity contribution >= 4 is 5.95 Å². The van der Waals surface area contributed by atoms with Crippen LogP contribution in [0.4, 0.5) is 5.95 Å². The summed E-state index contributed by atoms with van der Waals surface area (Å²) >= 11 is 0. The van der Waals surface area contributed by atoms with Crippen LogP contribution in [0.2, 0.25) is 0 Å². The van der Waals surface area contributed by atoms with Gasteiger partial charge in [0.15, 0.2) is 0 Å². The van der Waals surface area contributed by atoms with Crippen LogP contribution in [-0.4, -0.2) is 40.0 Å². The molecule has 0 bridgehead atoms. The second kappa shape index (κ2) is 5.14. The number of hydrogen-bond donors (Lipinski definition) is 1. The molecule has 94 valence electrons. The molecule has 0 unspecified atom stereocenters. The first-order valence-electron chi connectivity index (χ1n) is 6.09. The zero-order valence-electron chi connectivity index (χ0n) is 9.99. The third-order valence-electron chi connectivity index (χ3n) is 3.04. The molecule has 1 fully saturated rings. The fourth-order valence-corrected chi connectivity index (χ4v) is 2.02. The van der Waals surface area contributed by atoms with Gasteiger partial charge in [0.1, 0.15) is 0 Å². The fraction of sp³-hybridized carbons (Fsp3) is 0.417. The molecule has 18 heavy (non-hydrogen) atoms. The Morgan fingerprint density at radius 2 is 2.22 bits per heavy atom. The Morgan fingerprint density at radius 1 is 1.33 bits per heavy atom. The lowest BCUT2D eigenvalue weighted by Crippen LogP contribution is -2.16. The Labute approximate surface area is 105 Å². The van der Waals surface area contributed by atoms with Crippen LogP contribution in [0.25, 0.3) is 5.69 Å². The van der Waals surface area contributed by atoms with E-state index in [0.29, 0.717) is 11.9 Å². The van der Waals surface area contributed by atoms with Crippen LogP contribution < -0.4 is 5.32 Å². The van der Waals surface area contributed by atoms with Crippen LogP contribution in [0, 0.1) is 5.92 Å². The maximum atomic E-state index is 5.34. The van der Waals surface area contributed by atoms with Gasteiger partial charge in [-0.05, 0) is 29.0 Å². The van der Waals surface area contributed by atoms with Crippen molar-refractivity contribution in [3.8, 4) is 5.69 Å². The molecule has 1 aromatic carbocycles. The summed E-state index contributed by atoms with van der Waals surface area (Å²) < 4.78 is 7.05. The predicted octanol–water partition coefficient (Wildman–Crippen LogP) is 1.11. The van der Waals surface area contributed by atoms with Gasteiger partial charge in [0.25, 0.3) is 0 Å². The van der Waals surface area contributed by atoms with E-state index in [1.807, 2.05) is 30.3 Å². The number of anilines is 1. The molecule has 1 aliphatic heterocycles.